The van der Waals surface area contributed by atoms with Crippen LogP contribution in [0.25, 0.3) is 0 Å². The van der Waals surface area contributed by atoms with E-state index in [4.69, 9.17) is 5.73 Å². The molecule has 1 atom stereocenters. The highest BCUT2D eigenvalue weighted by Gasteiger charge is 2.21. The average Bonchev–Trinajstić information content (AvgIpc) is 2.75. The Morgan fingerprint density at radius 3 is 3.00 bits per heavy atom. The monoisotopic (exact) mass is 218 g/mol. The van der Waals surface area contributed by atoms with Crippen LogP contribution >= 0.6 is 0 Å². The summed E-state index contributed by atoms with van der Waals surface area (Å²) in [5.41, 5.74) is 7.38. The topological polar surface area (TPSA) is 46.3 Å². The summed E-state index contributed by atoms with van der Waals surface area (Å²) in [6.07, 6.45) is 1.18. The largest absolute Gasteiger partial charge is 0.324 e. The van der Waals surface area contributed by atoms with Gasteiger partial charge >= 0.3 is 0 Å². The first kappa shape index (κ1) is 11.3. The Labute approximate surface area is 96.2 Å². The van der Waals surface area contributed by atoms with E-state index in [0.29, 0.717) is 5.92 Å². The van der Waals surface area contributed by atoms with Gasteiger partial charge in [-0.3, -0.25) is 4.79 Å². The van der Waals surface area contributed by atoms with Crippen LogP contribution in [0, 0.1) is 0 Å². The molecule has 0 saturated carbocycles. The van der Waals surface area contributed by atoms with Gasteiger partial charge in [0.1, 0.15) is 0 Å². The first-order valence-corrected chi connectivity index (χ1v) is 5.72. The molecule has 2 N–H and O–H groups in total. The summed E-state index contributed by atoms with van der Waals surface area (Å²) in [5, 5.41) is 0. The lowest BCUT2D eigenvalue weighted by atomic mass is 9.95. The fourth-order valence-electron chi connectivity index (χ4n) is 2.29. The van der Waals surface area contributed by atoms with Gasteiger partial charge in [-0.1, -0.05) is 18.2 Å². The highest BCUT2D eigenvalue weighted by Crippen LogP contribution is 2.26. The third-order valence-electron chi connectivity index (χ3n) is 3.26. The van der Waals surface area contributed by atoms with E-state index in [-0.39, 0.29) is 12.3 Å². The predicted octanol–water partition coefficient (Wildman–Crippen LogP) is 1.25. The number of hydrogen-bond acceptors (Lipinski definition) is 3. The van der Waals surface area contributed by atoms with Gasteiger partial charge in [0.25, 0.3) is 0 Å². The van der Waals surface area contributed by atoms with E-state index >= 15 is 0 Å². The summed E-state index contributed by atoms with van der Waals surface area (Å²) in [6, 6.07) is 7.91. The zero-order valence-electron chi connectivity index (χ0n) is 9.65. The molecule has 1 aromatic carbocycles. The van der Waals surface area contributed by atoms with E-state index in [9.17, 15) is 4.79 Å². The fraction of sp³-hybridized carbons (Fsp3) is 0.462. The SMILES string of the molecule is CN1CCC(c2cccc(C(=O)CN)c2)C1. The van der Waals surface area contributed by atoms with E-state index in [1.54, 1.807) is 0 Å². The minimum Gasteiger partial charge on any atom is -0.324 e. The summed E-state index contributed by atoms with van der Waals surface area (Å²) in [6.45, 7) is 2.31. The maximum absolute atomic E-state index is 11.5. The van der Waals surface area contributed by atoms with Crippen molar-refractivity contribution in [2.75, 3.05) is 26.7 Å². The van der Waals surface area contributed by atoms with Gasteiger partial charge in [-0.05, 0) is 37.6 Å². The maximum Gasteiger partial charge on any atom is 0.176 e. The van der Waals surface area contributed by atoms with Crippen LogP contribution in [0.1, 0.15) is 28.3 Å². The molecule has 3 nitrogen and oxygen atoms in total. The van der Waals surface area contributed by atoms with Gasteiger partial charge in [0.05, 0.1) is 6.54 Å². The number of nitrogens with zero attached hydrogens (tertiary/aromatic N) is 1. The zero-order chi connectivity index (χ0) is 11.5. The summed E-state index contributed by atoms with van der Waals surface area (Å²) < 4.78 is 0. The molecule has 1 fully saturated rings. The van der Waals surface area contributed by atoms with Crippen LogP contribution in [0.5, 0.6) is 0 Å². The molecule has 0 spiro atoms. The molecule has 3 heteroatoms. The Morgan fingerprint density at radius 1 is 1.56 bits per heavy atom. The van der Waals surface area contributed by atoms with Crippen molar-refractivity contribution in [3.63, 3.8) is 0 Å². The van der Waals surface area contributed by atoms with E-state index in [2.05, 4.69) is 18.0 Å². The molecule has 86 valence electrons. The molecular weight excluding hydrogens is 200 g/mol. The number of carbonyl (C=O) groups is 1. The lowest BCUT2D eigenvalue weighted by molar-refractivity contribution is 0.100. The van der Waals surface area contributed by atoms with Gasteiger partial charge in [-0.15, -0.1) is 0 Å². The number of carbonyl (C=O) groups excluding carboxylic acids is 1. The first-order chi connectivity index (χ1) is 7.70. The maximum atomic E-state index is 11.5. The van der Waals surface area contributed by atoms with Gasteiger partial charge in [0.15, 0.2) is 5.78 Å². The number of likely N-dealkylation sites (N-methyl/N-ethyl adjacent to an activating group) is 1. The van der Waals surface area contributed by atoms with Crippen LogP contribution in [-0.4, -0.2) is 37.4 Å². The van der Waals surface area contributed by atoms with Crippen molar-refractivity contribution in [3.05, 3.63) is 35.4 Å². The second kappa shape index (κ2) is 4.76. The Hall–Kier alpha value is -1.19. The lowest BCUT2D eigenvalue weighted by Crippen LogP contribution is -2.15. The molecule has 1 heterocycles. The predicted molar refractivity (Wildman–Crippen MR) is 64.7 cm³/mol. The second-order valence-electron chi connectivity index (χ2n) is 4.50. The highest BCUT2D eigenvalue weighted by atomic mass is 16.1. The van der Waals surface area contributed by atoms with Crippen LogP contribution < -0.4 is 5.73 Å². The molecule has 0 aliphatic carbocycles. The molecule has 1 saturated heterocycles. The third kappa shape index (κ3) is 2.31. The number of hydrogen-bond donors (Lipinski definition) is 1. The molecule has 16 heavy (non-hydrogen) atoms. The third-order valence-corrected chi connectivity index (χ3v) is 3.26. The number of ketones is 1. The first-order valence-electron chi connectivity index (χ1n) is 5.72. The zero-order valence-corrected chi connectivity index (χ0v) is 9.65. The standard InChI is InChI=1S/C13H18N2O/c1-15-6-5-12(9-15)10-3-2-4-11(7-10)13(16)8-14/h2-4,7,12H,5-6,8-9,14H2,1H3. The number of likely N-dealkylation sites (tertiary alicyclic amines) is 1. The fourth-order valence-corrected chi connectivity index (χ4v) is 2.29. The minimum absolute atomic E-state index is 0.0215. The van der Waals surface area contributed by atoms with Crippen molar-refractivity contribution >= 4 is 5.78 Å². The van der Waals surface area contributed by atoms with Crippen molar-refractivity contribution in [3.8, 4) is 0 Å². The van der Waals surface area contributed by atoms with Crippen molar-refractivity contribution < 1.29 is 4.79 Å². The van der Waals surface area contributed by atoms with Gasteiger partial charge in [0.2, 0.25) is 0 Å². The Bertz CT molecular complexity index is 389. The second-order valence-corrected chi connectivity index (χ2v) is 4.50. The van der Waals surface area contributed by atoms with Crippen LogP contribution in [0.4, 0.5) is 0 Å². The van der Waals surface area contributed by atoms with Crippen LogP contribution in [0.3, 0.4) is 0 Å². The molecule has 1 aromatic rings. The van der Waals surface area contributed by atoms with Crippen molar-refractivity contribution in [2.24, 2.45) is 5.73 Å². The van der Waals surface area contributed by atoms with Gasteiger partial charge in [-0.25, -0.2) is 0 Å². The number of nitrogens with two attached hydrogens (primary N) is 1. The van der Waals surface area contributed by atoms with Crippen molar-refractivity contribution in [1.29, 1.82) is 0 Å². The van der Waals surface area contributed by atoms with E-state index in [1.807, 2.05) is 18.2 Å². The van der Waals surface area contributed by atoms with Gasteiger partial charge < -0.3 is 10.6 Å². The summed E-state index contributed by atoms with van der Waals surface area (Å²) in [5.74, 6) is 0.587. The average molecular weight is 218 g/mol. The van der Waals surface area contributed by atoms with Crippen molar-refractivity contribution in [1.82, 2.24) is 4.90 Å². The van der Waals surface area contributed by atoms with E-state index < -0.39 is 0 Å². The molecule has 1 aliphatic heterocycles. The molecular formula is C13H18N2O. The highest BCUT2D eigenvalue weighted by molar-refractivity contribution is 5.97. The van der Waals surface area contributed by atoms with Crippen molar-refractivity contribution in [2.45, 2.75) is 12.3 Å². The molecule has 2 rings (SSSR count). The molecule has 0 radical (unpaired) electrons. The van der Waals surface area contributed by atoms with Crippen LogP contribution in [-0.2, 0) is 0 Å². The van der Waals surface area contributed by atoms with Crippen LogP contribution in [0.15, 0.2) is 24.3 Å². The minimum atomic E-state index is 0.0215. The van der Waals surface area contributed by atoms with Gasteiger partial charge in [0, 0.05) is 12.1 Å². The quantitative estimate of drug-likeness (QED) is 0.777. The number of benzene rings is 1. The molecule has 0 bridgehead atoms. The lowest BCUT2D eigenvalue weighted by Gasteiger charge is -2.11. The summed E-state index contributed by atoms with van der Waals surface area (Å²) in [7, 11) is 2.13. The Morgan fingerprint density at radius 2 is 2.38 bits per heavy atom. The normalized spacial score (nSPS) is 21.2. The number of rotatable bonds is 3. The smallest absolute Gasteiger partial charge is 0.176 e. The molecule has 0 amide bonds. The molecule has 1 aliphatic rings. The van der Waals surface area contributed by atoms with E-state index in [0.717, 1.165) is 18.7 Å². The van der Waals surface area contributed by atoms with Crippen LogP contribution in [0.2, 0.25) is 0 Å². The molecule has 1 unspecified atom stereocenters. The summed E-state index contributed by atoms with van der Waals surface area (Å²) >= 11 is 0. The van der Waals surface area contributed by atoms with Gasteiger partial charge in [-0.2, -0.15) is 0 Å². The number of Topliss-reactive ketones (excluding diaryl/α,β-unsaturated/α-hetero) is 1. The summed E-state index contributed by atoms with van der Waals surface area (Å²) in [4.78, 5) is 13.8. The molecule has 0 aromatic heterocycles. The van der Waals surface area contributed by atoms with E-state index in [1.165, 1.54) is 12.0 Å². The Balaban J connectivity index is 2.19. The Kier molecular flexibility index (Phi) is 3.36.